The minimum Gasteiger partial charge on any atom is -0.372 e. The molecule has 3 rings (SSSR count). The van der Waals surface area contributed by atoms with Crippen LogP contribution < -0.4 is 16.0 Å². The third-order valence-corrected chi connectivity index (χ3v) is 5.68. The van der Waals surface area contributed by atoms with E-state index in [1.54, 1.807) is 0 Å². The maximum atomic E-state index is 13.1. The topological polar surface area (TPSA) is 56.4 Å². The number of benzene rings is 2. The molecule has 1 aliphatic heterocycles. The van der Waals surface area contributed by atoms with Crippen LogP contribution in [0.25, 0.3) is 0 Å². The van der Waals surface area contributed by atoms with E-state index in [0.29, 0.717) is 5.02 Å². The van der Waals surface area contributed by atoms with Crippen LogP contribution in [0.3, 0.4) is 0 Å². The fourth-order valence-electron chi connectivity index (χ4n) is 3.86. The van der Waals surface area contributed by atoms with Gasteiger partial charge in [0.2, 0.25) is 5.91 Å². The van der Waals surface area contributed by atoms with Gasteiger partial charge in [0.05, 0.1) is 11.7 Å². The summed E-state index contributed by atoms with van der Waals surface area (Å²) in [6.45, 7) is 8.64. The molecule has 1 amide bonds. The van der Waals surface area contributed by atoms with Gasteiger partial charge in [0, 0.05) is 41.9 Å². The lowest BCUT2D eigenvalue weighted by atomic mass is 9.88. The Morgan fingerprint density at radius 1 is 1.13 bits per heavy atom. The highest BCUT2D eigenvalue weighted by molar-refractivity contribution is 6.30. The lowest BCUT2D eigenvalue weighted by molar-refractivity contribution is -0.119. The quantitative estimate of drug-likeness (QED) is 0.499. The van der Waals surface area contributed by atoms with E-state index in [4.69, 9.17) is 11.6 Å². The van der Waals surface area contributed by atoms with Gasteiger partial charge in [0.1, 0.15) is 0 Å². The van der Waals surface area contributed by atoms with Crippen molar-refractivity contribution < 1.29 is 4.79 Å². The summed E-state index contributed by atoms with van der Waals surface area (Å²) in [4.78, 5) is 15.3. The van der Waals surface area contributed by atoms with Gasteiger partial charge in [0.25, 0.3) is 0 Å². The largest absolute Gasteiger partial charge is 0.372 e. The van der Waals surface area contributed by atoms with Crippen LogP contribution in [0.1, 0.15) is 31.2 Å². The van der Waals surface area contributed by atoms with Gasteiger partial charge in [-0.15, -0.1) is 0 Å². The maximum Gasteiger partial charge on any atom is 0.229 e. The molecule has 1 aliphatic rings. The van der Waals surface area contributed by atoms with Crippen molar-refractivity contribution in [2.24, 2.45) is 5.92 Å². The van der Waals surface area contributed by atoms with Gasteiger partial charge in [0.15, 0.2) is 0 Å². The number of nitrogens with one attached hydrogen (secondary N) is 3. The van der Waals surface area contributed by atoms with Crippen molar-refractivity contribution >= 4 is 28.9 Å². The van der Waals surface area contributed by atoms with Gasteiger partial charge in [-0.3, -0.25) is 4.79 Å². The van der Waals surface area contributed by atoms with Crippen LogP contribution in [0.2, 0.25) is 5.02 Å². The molecule has 0 radical (unpaired) electrons. The van der Waals surface area contributed by atoms with Crippen molar-refractivity contribution in [2.45, 2.75) is 25.7 Å². The lowest BCUT2D eigenvalue weighted by Gasteiger charge is -2.19. The van der Waals surface area contributed by atoms with Crippen LogP contribution in [0.5, 0.6) is 0 Å². The first-order valence-corrected chi connectivity index (χ1v) is 10.9. The number of amides is 1. The Balaban J connectivity index is 1.64. The molecule has 0 unspecified atom stereocenters. The average molecular weight is 427 g/mol. The van der Waals surface area contributed by atoms with Crippen LogP contribution in [-0.2, 0) is 4.79 Å². The van der Waals surface area contributed by atoms with Gasteiger partial charge in [-0.1, -0.05) is 49.7 Å². The molecular weight excluding hydrogens is 396 g/mol. The third kappa shape index (κ3) is 6.00. The summed E-state index contributed by atoms with van der Waals surface area (Å²) in [5.41, 5.74) is 2.81. The predicted octanol–water partition coefficient (Wildman–Crippen LogP) is 4.90. The van der Waals surface area contributed by atoms with Gasteiger partial charge < -0.3 is 20.9 Å². The number of hydrogen-bond donors (Lipinski definition) is 3. The fraction of sp³-hybridized carbons (Fsp3) is 0.375. The second kappa shape index (κ2) is 10.5. The molecule has 0 saturated carbocycles. The van der Waals surface area contributed by atoms with Crippen LogP contribution in [0, 0.1) is 5.92 Å². The number of likely N-dealkylation sites (tertiary alicyclic amines) is 1. The first kappa shape index (κ1) is 22.2. The van der Waals surface area contributed by atoms with Crippen molar-refractivity contribution in [1.82, 2.24) is 10.2 Å². The number of nitrogens with zero attached hydrogens (tertiary/aromatic N) is 1. The number of halogens is 1. The molecule has 1 fully saturated rings. The average Bonchev–Trinajstić information content (AvgIpc) is 3.11. The lowest BCUT2D eigenvalue weighted by Crippen LogP contribution is -2.28. The Bertz CT molecular complexity index is 868. The summed E-state index contributed by atoms with van der Waals surface area (Å²) in [5, 5.41) is 10.3. The fourth-order valence-corrected chi connectivity index (χ4v) is 3.98. The number of hydrogen-bond acceptors (Lipinski definition) is 4. The normalized spacial score (nSPS) is 18.8. The number of unbranched alkanes of at least 4 members (excludes halogenated alkanes) is 1. The zero-order valence-corrected chi connectivity index (χ0v) is 18.5. The molecule has 1 heterocycles. The minimum atomic E-state index is -0.113. The number of likely N-dealkylation sites (N-methyl/N-ethyl adjacent to an activating group) is 1. The summed E-state index contributed by atoms with van der Waals surface area (Å²) in [7, 11) is 2.05. The summed E-state index contributed by atoms with van der Waals surface area (Å²) in [6.07, 6.45) is 2.23. The highest BCUT2D eigenvalue weighted by atomic mass is 35.5. The third-order valence-electron chi connectivity index (χ3n) is 5.43. The Labute approximate surface area is 184 Å². The molecule has 0 spiro atoms. The summed E-state index contributed by atoms with van der Waals surface area (Å²) < 4.78 is 0. The van der Waals surface area contributed by atoms with Crippen LogP contribution in [0.4, 0.5) is 11.4 Å². The number of carbonyl (C=O) groups excluding carboxylic acids is 1. The van der Waals surface area contributed by atoms with E-state index in [0.717, 1.165) is 55.2 Å². The molecule has 1 saturated heterocycles. The molecule has 2 aromatic rings. The summed E-state index contributed by atoms with van der Waals surface area (Å²) in [6, 6.07) is 15.5. The highest BCUT2D eigenvalue weighted by Crippen LogP contribution is 2.33. The molecule has 30 heavy (non-hydrogen) atoms. The molecular formula is C24H31ClN4O. The van der Waals surface area contributed by atoms with E-state index in [1.807, 2.05) is 48.5 Å². The van der Waals surface area contributed by atoms with Crippen molar-refractivity contribution in [1.29, 1.82) is 0 Å². The Kier molecular flexibility index (Phi) is 7.77. The number of rotatable bonds is 9. The molecule has 5 nitrogen and oxygen atoms in total. The molecule has 0 aromatic heterocycles. The Hall–Kier alpha value is -2.50. The van der Waals surface area contributed by atoms with Gasteiger partial charge in [-0.05, 0) is 49.4 Å². The van der Waals surface area contributed by atoms with Crippen molar-refractivity contribution in [3.8, 4) is 0 Å². The van der Waals surface area contributed by atoms with E-state index in [-0.39, 0.29) is 17.7 Å². The van der Waals surface area contributed by atoms with E-state index >= 15 is 0 Å². The van der Waals surface area contributed by atoms with E-state index in [1.165, 1.54) is 0 Å². The molecule has 0 aliphatic carbocycles. The SMILES string of the molecule is C=C(NCCCC)Nc1cccc(NC(=O)[C@@H]2CN(C)C[C@H]2c2ccc(Cl)cc2)c1. The van der Waals surface area contributed by atoms with Crippen LogP contribution in [-0.4, -0.2) is 37.5 Å². The monoisotopic (exact) mass is 426 g/mol. The van der Waals surface area contributed by atoms with E-state index in [2.05, 4.69) is 41.4 Å². The summed E-state index contributed by atoms with van der Waals surface area (Å²) >= 11 is 6.03. The van der Waals surface area contributed by atoms with Gasteiger partial charge >= 0.3 is 0 Å². The highest BCUT2D eigenvalue weighted by Gasteiger charge is 2.37. The predicted molar refractivity (Wildman–Crippen MR) is 126 cm³/mol. The zero-order valence-electron chi connectivity index (χ0n) is 17.7. The van der Waals surface area contributed by atoms with Crippen LogP contribution in [0.15, 0.2) is 60.9 Å². The number of anilines is 2. The van der Waals surface area contributed by atoms with Crippen LogP contribution >= 0.6 is 11.6 Å². The van der Waals surface area contributed by atoms with E-state index in [9.17, 15) is 4.79 Å². The molecule has 2 aromatic carbocycles. The Morgan fingerprint density at radius 2 is 1.83 bits per heavy atom. The molecule has 2 atom stereocenters. The van der Waals surface area contributed by atoms with Crippen molar-refractivity contribution in [2.75, 3.05) is 37.3 Å². The maximum absolute atomic E-state index is 13.1. The number of carbonyl (C=O) groups is 1. The second-order valence-electron chi connectivity index (χ2n) is 7.94. The molecule has 3 N–H and O–H groups in total. The zero-order chi connectivity index (χ0) is 21.5. The minimum absolute atomic E-state index is 0.0383. The van der Waals surface area contributed by atoms with Crippen molar-refractivity contribution in [3.63, 3.8) is 0 Å². The standard InChI is InChI=1S/C24H31ClN4O/c1-4-5-13-26-17(2)27-20-7-6-8-21(14-20)28-24(30)23-16-29(3)15-22(23)18-9-11-19(25)12-10-18/h6-12,14,22-23,26-27H,2,4-5,13,15-16H2,1,3H3,(H,28,30)/t22-,23+/m0/s1. The van der Waals surface area contributed by atoms with Gasteiger partial charge in [-0.25, -0.2) is 0 Å². The van der Waals surface area contributed by atoms with Crippen molar-refractivity contribution in [3.05, 3.63) is 71.5 Å². The molecule has 6 heteroatoms. The molecule has 0 bridgehead atoms. The summed E-state index contributed by atoms with van der Waals surface area (Å²) in [5.74, 6) is 0.832. The first-order valence-electron chi connectivity index (χ1n) is 10.5. The molecule has 160 valence electrons. The van der Waals surface area contributed by atoms with E-state index < -0.39 is 0 Å². The van der Waals surface area contributed by atoms with Gasteiger partial charge in [-0.2, -0.15) is 0 Å². The Morgan fingerprint density at radius 3 is 2.53 bits per heavy atom. The second-order valence-corrected chi connectivity index (χ2v) is 8.38. The first-order chi connectivity index (χ1) is 14.5. The smallest absolute Gasteiger partial charge is 0.229 e.